The van der Waals surface area contributed by atoms with Gasteiger partial charge in [-0.05, 0) is 77.6 Å². The summed E-state index contributed by atoms with van der Waals surface area (Å²) in [5.74, 6) is 0.291. The Morgan fingerprint density at radius 3 is 2.88 bits per heavy atom. The van der Waals surface area contributed by atoms with Crippen LogP contribution in [0.5, 0.6) is 5.75 Å². The minimum absolute atomic E-state index is 0.0112. The van der Waals surface area contributed by atoms with Crippen molar-refractivity contribution < 1.29 is 14.3 Å². The topological polar surface area (TPSA) is 102 Å². The summed E-state index contributed by atoms with van der Waals surface area (Å²) in [5.41, 5.74) is 6.74. The first kappa shape index (κ1) is 28.1. The molecule has 2 atom stereocenters. The van der Waals surface area contributed by atoms with Gasteiger partial charge in [0.05, 0.1) is 24.2 Å². The minimum Gasteiger partial charge on any atom is -0.487 e. The maximum Gasteiger partial charge on any atom is 0.306 e. The molecule has 42 heavy (non-hydrogen) atoms. The number of aromatic amines is 1. The number of H-pyrrole nitrogens is 1. The summed E-state index contributed by atoms with van der Waals surface area (Å²) in [7, 11) is 1.88. The molecular formula is C32H35N5O4S. The van der Waals surface area contributed by atoms with E-state index in [2.05, 4.69) is 63.7 Å². The van der Waals surface area contributed by atoms with E-state index in [0.29, 0.717) is 19.7 Å². The van der Waals surface area contributed by atoms with Crippen LogP contribution in [0.4, 0.5) is 0 Å². The predicted octanol–water partition coefficient (Wildman–Crippen LogP) is 5.44. The Morgan fingerprint density at radius 1 is 1.21 bits per heavy atom. The van der Waals surface area contributed by atoms with Crippen LogP contribution in [0.15, 0.2) is 52.6 Å². The van der Waals surface area contributed by atoms with Crippen LogP contribution >= 0.6 is 11.3 Å². The number of carbonyl (C=O) groups is 1. The zero-order valence-electron chi connectivity index (χ0n) is 24.3. The molecule has 218 valence electrons. The van der Waals surface area contributed by atoms with Gasteiger partial charge in [-0.2, -0.15) is 0 Å². The number of hydrogen-bond donors (Lipinski definition) is 1. The number of aromatic nitrogens is 4. The molecule has 6 rings (SSSR count). The minimum atomic E-state index is -0.232. The van der Waals surface area contributed by atoms with Gasteiger partial charge in [0.1, 0.15) is 17.4 Å². The largest absolute Gasteiger partial charge is 0.487 e. The van der Waals surface area contributed by atoms with Gasteiger partial charge in [-0.3, -0.25) is 14.5 Å². The van der Waals surface area contributed by atoms with Crippen molar-refractivity contribution in [2.75, 3.05) is 13.2 Å². The summed E-state index contributed by atoms with van der Waals surface area (Å²) in [6.45, 7) is 8.33. The van der Waals surface area contributed by atoms with Crippen molar-refractivity contribution >= 4 is 38.4 Å². The molecule has 3 aromatic heterocycles. The molecule has 4 heterocycles. The van der Waals surface area contributed by atoms with Crippen LogP contribution in [-0.4, -0.2) is 50.1 Å². The Balaban J connectivity index is 1.42. The van der Waals surface area contributed by atoms with Crippen LogP contribution in [0.3, 0.4) is 0 Å². The number of fused-ring (bicyclic) bond motifs is 3. The Hall–Kier alpha value is -4.02. The number of thiophene rings is 1. The first-order chi connectivity index (χ1) is 20.3. The second-order valence-corrected chi connectivity index (χ2v) is 11.8. The molecule has 5 aromatic rings. The third-order valence-electron chi connectivity index (χ3n) is 8.13. The number of hydrogen-bond acceptors (Lipinski definition) is 8. The van der Waals surface area contributed by atoms with E-state index in [1.54, 1.807) is 22.1 Å². The SMILES string of the molecule is CCOC(=O)C[C@H](c1cc(CN2Cc3[nH]c(=O)ccc3O[C@H](CC)C2)c2sccc2c1)c1ccc2c(nnn2C)c1C. The monoisotopic (exact) mass is 585 g/mol. The summed E-state index contributed by atoms with van der Waals surface area (Å²) in [6.07, 6.45) is 1.09. The van der Waals surface area contributed by atoms with Gasteiger partial charge in [0.15, 0.2) is 0 Å². The van der Waals surface area contributed by atoms with Gasteiger partial charge in [-0.25, -0.2) is 4.68 Å². The van der Waals surface area contributed by atoms with Crippen LogP contribution in [0.25, 0.3) is 21.1 Å². The Kier molecular flexibility index (Phi) is 7.83. The predicted molar refractivity (Wildman–Crippen MR) is 164 cm³/mol. The number of benzene rings is 2. The molecular weight excluding hydrogens is 550 g/mol. The molecule has 0 saturated heterocycles. The Morgan fingerprint density at radius 2 is 2.07 bits per heavy atom. The molecule has 0 radical (unpaired) electrons. The Bertz CT molecular complexity index is 1820. The van der Waals surface area contributed by atoms with E-state index >= 15 is 0 Å². The number of esters is 1. The number of nitrogens with one attached hydrogen (secondary N) is 1. The van der Waals surface area contributed by atoms with Crippen LogP contribution in [0.1, 0.15) is 60.6 Å². The van der Waals surface area contributed by atoms with E-state index in [0.717, 1.165) is 57.5 Å². The lowest BCUT2D eigenvalue weighted by atomic mass is 9.84. The average Bonchev–Trinajstić information content (AvgIpc) is 3.56. The fraction of sp³-hybridized carbons (Fsp3) is 0.375. The van der Waals surface area contributed by atoms with Crippen molar-refractivity contribution in [1.29, 1.82) is 0 Å². The number of rotatable bonds is 8. The lowest BCUT2D eigenvalue weighted by Gasteiger charge is -2.25. The van der Waals surface area contributed by atoms with Gasteiger partial charge in [0.2, 0.25) is 5.56 Å². The van der Waals surface area contributed by atoms with Crippen molar-refractivity contribution in [3.8, 4) is 5.75 Å². The van der Waals surface area contributed by atoms with Gasteiger partial charge in [0, 0.05) is 43.4 Å². The number of nitrogens with zero attached hydrogens (tertiary/aromatic N) is 4. The fourth-order valence-corrected chi connectivity index (χ4v) is 6.91. The number of pyridine rings is 1. The Labute approximate surface area is 248 Å². The average molecular weight is 586 g/mol. The number of aryl methyl sites for hydroxylation is 2. The first-order valence-corrected chi connectivity index (χ1v) is 15.3. The standard InChI is InChI=1S/C32H35N5O4S/c1-5-23-17-37(18-26-28(41-23)9-10-29(38)33-26)16-22-14-21(13-20-11-12-42-32(20)22)25(15-30(39)40-6-2)24-7-8-27-31(19(24)3)34-35-36(27)4/h7-14,23,25H,5-6,15-18H2,1-4H3,(H,33,38)/t23-,25-/m1/s1. The van der Waals surface area contributed by atoms with E-state index in [1.807, 2.05) is 20.0 Å². The molecule has 1 N–H and O–H groups in total. The molecule has 0 aliphatic carbocycles. The molecule has 0 unspecified atom stereocenters. The quantitative estimate of drug-likeness (QED) is 0.242. The molecule has 0 fully saturated rings. The highest BCUT2D eigenvalue weighted by molar-refractivity contribution is 7.17. The van der Waals surface area contributed by atoms with Crippen molar-refractivity contribution in [2.24, 2.45) is 7.05 Å². The van der Waals surface area contributed by atoms with Gasteiger partial charge < -0.3 is 14.5 Å². The number of ether oxygens (including phenoxy) is 2. The smallest absolute Gasteiger partial charge is 0.306 e. The lowest BCUT2D eigenvalue weighted by Crippen LogP contribution is -2.32. The normalized spacial score (nSPS) is 16.2. The molecule has 1 aliphatic heterocycles. The van der Waals surface area contributed by atoms with E-state index in [-0.39, 0.29) is 30.0 Å². The third kappa shape index (κ3) is 5.44. The van der Waals surface area contributed by atoms with Crippen LogP contribution in [0, 0.1) is 6.92 Å². The van der Waals surface area contributed by atoms with Gasteiger partial charge >= 0.3 is 5.97 Å². The van der Waals surface area contributed by atoms with E-state index in [1.165, 1.54) is 16.3 Å². The summed E-state index contributed by atoms with van der Waals surface area (Å²) >= 11 is 1.72. The van der Waals surface area contributed by atoms with E-state index in [4.69, 9.17) is 9.47 Å². The molecule has 9 nitrogen and oxygen atoms in total. The van der Waals surface area contributed by atoms with Gasteiger partial charge in [-0.15, -0.1) is 16.4 Å². The molecule has 0 amide bonds. The summed E-state index contributed by atoms with van der Waals surface area (Å²) in [6, 6.07) is 14.0. The number of carbonyl (C=O) groups excluding carboxylic acids is 1. The highest BCUT2D eigenvalue weighted by atomic mass is 32.1. The van der Waals surface area contributed by atoms with Crippen molar-refractivity contribution in [2.45, 2.75) is 58.7 Å². The van der Waals surface area contributed by atoms with Gasteiger partial charge in [-0.1, -0.05) is 24.3 Å². The molecule has 10 heteroatoms. The lowest BCUT2D eigenvalue weighted by molar-refractivity contribution is -0.143. The molecule has 0 spiro atoms. The highest BCUT2D eigenvalue weighted by Crippen LogP contribution is 2.38. The highest BCUT2D eigenvalue weighted by Gasteiger charge is 2.26. The second-order valence-electron chi connectivity index (χ2n) is 10.9. The first-order valence-electron chi connectivity index (χ1n) is 14.4. The van der Waals surface area contributed by atoms with Crippen molar-refractivity contribution in [3.63, 3.8) is 0 Å². The molecule has 1 aliphatic rings. The summed E-state index contributed by atoms with van der Waals surface area (Å²) < 4.78 is 14.7. The van der Waals surface area contributed by atoms with Crippen molar-refractivity contribution in [1.82, 2.24) is 24.9 Å². The summed E-state index contributed by atoms with van der Waals surface area (Å²) in [4.78, 5) is 30.4. The maximum absolute atomic E-state index is 12.9. The summed E-state index contributed by atoms with van der Waals surface area (Å²) in [5, 5.41) is 11.9. The maximum atomic E-state index is 12.9. The fourth-order valence-electron chi connectivity index (χ4n) is 6.02. The van der Waals surface area contributed by atoms with Crippen molar-refractivity contribution in [3.05, 3.63) is 86.1 Å². The third-order valence-corrected chi connectivity index (χ3v) is 9.13. The van der Waals surface area contributed by atoms with Gasteiger partial charge in [0.25, 0.3) is 0 Å². The second kappa shape index (κ2) is 11.7. The van der Waals surface area contributed by atoms with Crippen LogP contribution in [0.2, 0.25) is 0 Å². The molecule has 0 bridgehead atoms. The molecule has 0 saturated carbocycles. The zero-order valence-corrected chi connectivity index (χ0v) is 25.2. The van der Waals surface area contributed by atoms with E-state index in [9.17, 15) is 9.59 Å². The van der Waals surface area contributed by atoms with Crippen LogP contribution in [-0.2, 0) is 29.7 Å². The zero-order chi connectivity index (χ0) is 29.4. The molecule has 2 aromatic carbocycles. The van der Waals surface area contributed by atoms with Crippen LogP contribution < -0.4 is 10.3 Å². The van der Waals surface area contributed by atoms with E-state index < -0.39 is 0 Å².